The highest BCUT2D eigenvalue weighted by molar-refractivity contribution is 6.01. The molecule has 0 unspecified atom stereocenters. The molecular weight excluding hydrogens is 326 g/mol. The highest BCUT2D eigenvalue weighted by Gasteiger charge is 2.35. The summed E-state index contributed by atoms with van der Waals surface area (Å²) in [7, 11) is 0. The van der Waals surface area contributed by atoms with Crippen LogP contribution < -0.4 is 4.90 Å². The number of nitrogens with zero attached hydrogens (tertiary/aromatic N) is 3. The van der Waals surface area contributed by atoms with E-state index in [9.17, 15) is 9.59 Å². The topological polar surface area (TPSA) is 43.9 Å². The van der Waals surface area contributed by atoms with Crippen molar-refractivity contribution in [1.29, 1.82) is 0 Å². The van der Waals surface area contributed by atoms with E-state index in [1.54, 1.807) is 4.90 Å². The Labute approximate surface area is 156 Å². The summed E-state index contributed by atoms with van der Waals surface area (Å²) < 4.78 is 0. The van der Waals surface area contributed by atoms with Gasteiger partial charge in [-0.1, -0.05) is 32.0 Å². The quantitative estimate of drug-likeness (QED) is 0.814. The molecule has 0 spiro atoms. The molecule has 0 radical (unpaired) electrons. The van der Waals surface area contributed by atoms with E-state index in [4.69, 9.17) is 0 Å². The second-order valence-electron chi connectivity index (χ2n) is 7.34. The van der Waals surface area contributed by atoms with Gasteiger partial charge < -0.3 is 4.90 Å². The molecular formula is C21H31N3O2. The van der Waals surface area contributed by atoms with Gasteiger partial charge in [-0.2, -0.15) is 0 Å². The molecule has 142 valence electrons. The van der Waals surface area contributed by atoms with Gasteiger partial charge in [-0.15, -0.1) is 0 Å². The van der Waals surface area contributed by atoms with Gasteiger partial charge in [0, 0.05) is 38.3 Å². The molecule has 2 amide bonds. The number of rotatable bonds is 5. The third-order valence-electron chi connectivity index (χ3n) is 5.56. The van der Waals surface area contributed by atoms with Gasteiger partial charge in [-0.3, -0.25) is 19.4 Å². The van der Waals surface area contributed by atoms with Crippen LogP contribution in [0.25, 0.3) is 0 Å². The fraction of sp³-hybridized carbons (Fsp3) is 0.619. The van der Waals surface area contributed by atoms with E-state index in [1.807, 2.05) is 30.0 Å². The number of piperazine rings is 1. The van der Waals surface area contributed by atoms with Crippen LogP contribution in [0, 0.1) is 0 Å². The molecule has 1 aromatic carbocycles. The van der Waals surface area contributed by atoms with Crippen LogP contribution in [-0.2, 0) is 16.0 Å². The molecule has 26 heavy (non-hydrogen) atoms. The summed E-state index contributed by atoms with van der Waals surface area (Å²) in [6, 6.07) is 7.67. The Kier molecular flexibility index (Phi) is 6.30. The monoisotopic (exact) mass is 357 g/mol. The summed E-state index contributed by atoms with van der Waals surface area (Å²) >= 11 is 0. The number of fused-ring (bicyclic) bond motifs is 1. The number of para-hydroxylation sites is 1. The normalized spacial score (nSPS) is 19.8. The molecule has 0 aromatic heterocycles. The SMILES string of the molecule is CCCN1CCN(C(=O)[C@H](CC)N2C(=O)CCCc3ccccc32)CC1. The average molecular weight is 357 g/mol. The van der Waals surface area contributed by atoms with E-state index < -0.39 is 0 Å². The maximum atomic E-state index is 13.3. The third-order valence-corrected chi connectivity index (χ3v) is 5.56. The summed E-state index contributed by atoms with van der Waals surface area (Å²) in [6.07, 6.45) is 4.06. The van der Waals surface area contributed by atoms with Crippen LogP contribution >= 0.6 is 0 Å². The Morgan fingerprint density at radius 2 is 1.81 bits per heavy atom. The lowest BCUT2D eigenvalue weighted by atomic mass is 10.1. The Hall–Kier alpha value is -1.88. The summed E-state index contributed by atoms with van der Waals surface area (Å²) in [5, 5.41) is 0. The molecule has 0 N–H and O–H groups in total. The van der Waals surface area contributed by atoms with Crippen molar-refractivity contribution in [1.82, 2.24) is 9.80 Å². The maximum absolute atomic E-state index is 13.3. The minimum absolute atomic E-state index is 0.0831. The Balaban J connectivity index is 1.79. The standard InChI is InChI=1S/C21H31N3O2/c1-3-12-22-13-15-23(16-14-22)21(26)18(4-2)24-19-10-6-5-8-17(19)9-7-11-20(24)25/h5-6,8,10,18H,3-4,7,9,11-16H2,1-2H3/t18-/m0/s1. The number of hydrogen-bond acceptors (Lipinski definition) is 3. The van der Waals surface area contributed by atoms with Crippen molar-refractivity contribution in [3.8, 4) is 0 Å². The fourth-order valence-corrected chi connectivity index (χ4v) is 4.17. The molecule has 2 aliphatic heterocycles. The zero-order chi connectivity index (χ0) is 18.5. The first-order chi connectivity index (χ1) is 12.7. The Morgan fingerprint density at radius 3 is 2.50 bits per heavy atom. The minimum atomic E-state index is -0.389. The summed E-state index contributed by atoms with van der Waals surface area (Å²) in [4.78, 5) is 32.3. The van der Waals surface area contributed by atoms with Crippen LogP contribution in [0.2, 0.25) is 0 Å². The predicted octanol–water partition coefficient (Wildman–Crippen LogP) is 2.69. The zero-order valence-electron chi connectivity index (χ0n) is 16.1. The van der Waals surface area contributed by atoms with Gasteiger partial charge >= 0.3 is 0 Å². The lowest BCUT2D eigenvalue weighted by Gasteiger charge is -2.39. The average Bonchev–Trinajstić information content (AvgIpc) is 2.82. The van der Waals surface area contributed by atoms with Crippen molar-refractivity contribution in [3.63, 3.8) is 0 Å². The molecule has 1 atom stereocenters. The number of carbonyl (C=O) groups excluding carboxylic acids is 2. The number of amides is 2. The second kappa shape index (κ2) is 8.67. The van der Waals surface area contributed by atoms with Gasteiger partial charge in [0.1, 0.15) is 6.04 Å². The first kappa shape index (κ1) is 18.9. The lowest BCUT2D eigenvalue weighted by molar-refractivity contribution is -0.136. The first-order valence-corrected chi connectivity index (χ1v) is 10.1. The van der Waals surface area contributed by atoms with Crippen molar-refractivity contribution in [2.45, 2.75) is 52.0 Å². The van der Waals surface area contributed by atoms with E-state index in [1.165, 1.54) is 5.56 Å². The summed E-state index contributed by atoms with van der Waals surface area (Å²) in [5.74, 6) is 0.188. The molecule has 0 saturated carbocycles. The molecule has 0 aliphatic carbocycles. The minimum Gasteiger partial charge on any atom is -0.338 e. The third kappa shape index (κ3) is 3.93. The number of carbonyl (C=O) groups is 2. The van der Waals surface area contributed by atoms with Gasteiger partial charge in [0.05, 0.1) is 0 Å². The smallest absolute Gasteiger partial charge is 0.245 e. The maximum Gasteiger partial charge on any atom is 0.245 e. The second-order valence-corrected chi connectivity index (χ2v) is 7.34. The van der Waals surface area contributed by atoms with Gasteiger partial charge in [0.15, 0.2) is 0 Å². The molecule has 2 aliphatic rings. The molecule has 5 nitrogen and oxygen atoms in total. The van der Waals surface area contributed by atoms with Crippen LogP contribution in [0.1, 0.15) is 45.1 Å². The van der Waals surface area contributed by atoms with Crippen molar-refractivity contribution in [2.75, 3.05) is 37.6 Å². The van der Waals surface area contributed by atoms with Crippen LogP contribution in [0.3, 0.4) is 0 Å². The van der Waals surface area contributed by atoms with Crippen LogP contribution in [-0.4, -0.2) is 60.4 Å². The fourth-order valence-electron chi connectivity index (χ4n) is 4.17. The van der Waals surface area contributed by atoms with Gasteiger partial charge in [-0.05, 0) is 43.9 Å². The molecule has 1 saturated heterocycles. The van der Waals surface area contributed by atoms with Crippen LogP contribution in [0.4, 0.5) is 5.69 Å². The number of hydrogen-bond donors (Lipinski definition) is 0. The summed E-state index contributed by atoms with van der Waals surface area (Å²) in [5.41, 5.74) is 2.11. The van der Waals surface area contributed by atoms with Crippen molar-refractivity contribution in [3.05, 3.63) is 29.8 Å². The number of aryl methyl sites for hydroxylation is 1. The highest BCUT2D eigenvalue weighted by atomic mass is 16.2. The van der Waals surface area contributed by atoms with E-state index in [-0.39, 0.29) is 17.9 Å². The van der Waals surface area contributed by atoms with Gasteiger partial charge in [0.25, 0.3) is 0 Å². The Morgan fingerprint density at radius 1 is 1.08 bits per heavy atom. The highest BCUT2D eigenvalue weighted by Crippen LogP contribution is 2.30. The van der Waals surface area contributed by atoms with E-state index in [0.717, 1.165) is 57.7 Å². The van der Waals surface area contributed by atoms with Gasteiger partial charge in [-0.25, -0.2) is 0 Å². The summed E-state index contributed by atoms with van der Waals surface area (Å²) in [6.45, 7) is 8.68. The Bertz CT molecular complexity index is 638. The zero-order valence-corrected chi connectivity index (χ0v) is 16.1. The van der Waals surface area contributed by atoms with Crippen molar-refractivity contribution in [2.24, 2.45) is 0 Å². The van der Waals surface area contributed by atoms with Crippen molar-refractivity contribution >= 4 is 17.5 Å². The molecule has 2 heterocycles. The molecule has 3 rings (SSSR count). The van der Waals surface area contributed by atoms with E-state index >= 15 is 0 Å². The largest absolute Gasteiger partial charge is 0.338 e. The van der Waals surface area contributed by atoms with E-state index in [2.05, 4.69) is 17.9 Å². The van der Waals surface area contributed by atoms with Gasteiger partial charge in [0.2, 0.25) is 11.8 Å². The lowest BCUT2D eigenvalue weighted by Crippen LogP contribution is -2.56. The molecule has 5 heteroatoms. The van der Waals surface area contributed by atoms with Crippen LogP contribution in [0.15, 0.2) is 24.3 Å². The molecule has 1 fully saturated rings. The van der Waals surface area contributed by atoms with Crippen LogP contribution in [0.5, 0.6) is 0 Å². The molecule has 1 aromatic rings. The first-order valence-electron chi connectivity index (χ1n) is 10.1. The predicted molar refractivity (Wildman–Crippen MR) is 104 cm³/mol. The van der Waals surface area contributed by atoms with E-state index in [0.29, 0.717) is 12.8 Å². The molecule has 0 bridgehead atoms. The number of anilines is 1. The number of benzene rings is 1. The van der Waals surface area contributed by atoms with Crippen molar-refractivity contribution < 1.29 is 9.59 Å².